The lowest BCUT2D eigenvalue weighted by atomic mass is 10.1. The second kappa shape index (κ2) is 8.20. The number of amides is 1. The van der Waals surface area contributed by atoms with Crippen LogP contribution in [0.15, 0.2) is 61.2 Å². The van der Waals surface area contributed by atoms with E-state index in [0.717, 1.165) is 61.9 Å². The normalized spacial score (nSPS) is 16.1. The van der Waals surface area contributed by atoms with Crippen LogP contribution in [0.1, 0.15) is 21.5 Å². The largest absolute Gasteiger partial charge is 0.454 e. The van der Waals surface area contributed by atoms with E-state index < -0.39 is 0 Å². The molecular formula is C23H24N4O3. The van der Waals surface area contributed by atoms with E-state index in [4.69, 9.17) is 9.47 Å². The van der Waals surface area contributed by atoms with Gasteiger partial charge in [-0.1, -0.05) is 18.2 Å². The molecule has 5 rings (SSSR count). The van der Waals surface area contributed by atoms with E-state index in [2.05, 4.69) is 16.0 Å². The van der Waals surface area contributed by atoms with Gasteiger partial charge in [-0.15, -0.1) is 0 Å². The van der Waals surface area contributed by atoms with Gasteiger partial charge in [0.15, 0.2) is 11.5 Å². The summed E-state index contributed by atoms with van der Waals surface area (Å²) in [4.78, 5) is 21.3. The first kappa shape index (κ1) is 18.7. The van der Waals surface area contributed by atoms with Gasteiger partial charge in [0.25, 0.3) is 5.91 Å². The summed E-state index contributed by atoms with van der Waals surface area (Å²) in [5, 5.41) is 0. The highest BCUT2D eigenvalue weighted by Gasteiger charge is 2.23. The molecule has 0 unspecified atom stereocenters. The van der Waals surface area contributed by atoms with Crippen LogP contribution in [-0.2, 0) is 13.1 Å². The minimum absolute atomic E-state index is 0.104. The van der Waals surface area contributed by atoms with E-state index in [0.29, 0.717) is 6.79 Å². The zero-order chi connectivity index (χ0) is 20.3. The Morgan fingerprint density at radius 1 is 0.900 bits per heavy atom. The molecule has 0 saturated carbocycles. The summed E-state index contributed by atoms with van der Waals surface area (Å²) in [5.74, 6) is 1.73. The third kappa shape index (κ3) is 4.02. The number of benzene rings is 2. The van der Waals surface area contributed by atoms with Crippen LogP contribution in [0.2, 0.25) is 0 Å². The topological polar surface area (TPSA) is 59.8 Å². The Kier molecular flexibility index (Phi) is 5.11. The number of aromatic nitrogens is 2. The van der Waals surface area contributed by atoms with Crippen LogP contribution in [-0.4, -0.2) is 58.2 Å². The lowest BCUT2D eigenvalue weighted by molar-refractivity contribution is 0.0628. The zero-order valence-corrected chi connectivity index (χ0v) is 16.7. The summed E-state index contributed by atoms with van der Waals surface area (Å²) in [5.41, 5.74) is 3.10. The summed E-state index contributed by atoms with van der Waals surface area (Å²) in [7, 11) is 0. The van der Waals surface area contributed by atoms with E-state index in [1.807, 2.05) is 52.1 Å². The molecule has 7 nitrogen and oxygen atoms in total. The van der Waals surface area contributed by atoms with Gasteiger partial charge >= 0.3 is 0 Å². The first-order chi connectivity index (χ1) is 14.7. The summed E-state index contributed by atoms with van der Waals surface area (Å²) >= 11 is 0. The maximum absolute atomic E-state index is 12.9. The van der Waals surface area contributed by atoms with Crippen LogP contribution in [0.25, 0.3) is 0 Å². The lowest BCUT2D eigenvalue weighted by Gasteiger charge is -2.34. The molecule has 0 aliphatic carbocycles. The van der Waals surface area contributed by atoms with Crippen molar-refractivity contribution < 1.29 is 14.3 Å². The lowest BCUT2D eigenvalue weighted by Crippen LogP contribution is -2.48. The number of fused-ring (bicyclic) bond motifs is 1. The number of rotatable bonds is 5. The quantitative estimate of drug-likeness (QED) is 0.654. The summed E-state index contributed by atoms with van der Waals surface area (Å²) in [6.45, 7) is 5.09. The van der Waals surface area contributed by atoms with Crippen molar-refractivity contribution >= 4 is 5.91 Å². The molecule has 3 heterocycles. The average molecular weight is 404 g/mol. The fraction of sp³-hybridized carbons (Fsp3) is 0.304. The number of imidazole rings is 1. The Bertz CT molecular complexity index is 1010. The molecule has 1 saturated heterocycles. The second-order valence-electron chi connectivity index (χ2n) is 7.69. The fourth-order valence-corrected chi connectivity index (χ4v) is 3.93. The monoisotopic (exact) mass is 404 g/mol. The van der Waals surface area contributed by atoms with Gasteiger partial charge in [0.2, 0.25) is 6.79 Å². The van der Waals surface area contributed by atoms with Gasteiger partial charge in [-0.05, 0) is 35.4 Å². The molecule has 154 valence electrons. The summed E-state index contributed by atoms with van der Waals surface area (Å²) < 4.78 is 12.9. The molecule has 1 aromatic heterocycles. The Hall–Kier alpha value is -3.32. The van der Waals surface area contributed by atoms with Crippen molar-refractivity contribution in [1.82, 2.24) is 19.4 Å². The number of piperazine rings is 1. The number of carbonyl (C=O) groups is 1. The van der Waals surface area contributed by atoms with E-state index in [1.54, 1.807) is 12.5 Å². The molecule has 0 spiro atoms. The zero-order valence-electron chi connectivity index (χ0n) is 16.7. The predicted octanol–water partition coefficient (Wildman–Crippen LogP) is 2.62. The van der Waals surface area contributed by atoms with Gasteiger partial charge in [-0.2, -0.15) is 0 Å². The van der Waals surface area contributed by atoms with E-state index in [1.165, 1.54) is 5.56 Å². The third-order valence-corrected chi connectivity index (χ3v) is 5.63. The second-order valence-corrected chi connectivity index (χ2v) is 7.69. The summed E-state index contributed by atoms with van der Waals surface area (Å²) in [6.07, 6.45) is 5.49. The van der Waals surface area contributed by atoms with Crippen molar-refractivity contribution in [2.75, 3.05) is 33.0 Å². The third-order valence-electron chi connectivity index (χ3n) is 5.63. The molecule has 0 atom stereocenters. The van der Waals surface area contributed by atoms with Crippen molar-refractivity contribution in [3.63, 3.8) is 0 Å². The van der Waals surface area contributed by atoms with Gasteiger partial charge in [0, 0.05) is 57.2 Å². The molecule has 3 aromatic rings. The minimum atomic E-state index is 0.104. The average Bonchev–Trinajstić information content (AvgIpc) is 3.46. The molecule has 2 aliphatic heterocycles. The SMILES string of the molecule is O=C(c1ccc(Cn2ccnc2)cc1)N1CCN(Cc2ccc3c(c2)OCO3)CC1. The maximum atomic E-state index is 12.9. The maximum Gasteiger partial charge on any atom is 0.253 e. The molecule has 30 heavy (non-hydrogen) atoms. The van der Waals surface area contributed by atoms with Crippen molar-refractivity contribution in [1.29, 1.82) is 0 Å². The number of carbonyl (C=O) groups excluding carboxylic acids is 1. The van der Waals surface area contributed by atoms with Crippen LogP contribution in [0.5, 0.6) is 11.5 Å². The van der Waals surface area contributed by atoms with Gasteiger partial charge in [0.1, 0.15) is 0 Å². The molecule has 0 radical (unpaired) electrons. The molecule has 0 N–H and O–H groups in total. The highest BCUT2D eigenvalue weighted by atomic mass is 16.7. The summed E-state index contributed by atoms with van der Waals surface area (Å²) in [6, 6.07) is 14.0. The van der Waals surface area contributed by atoms with E-state index >= 15 is 0 Å². The molecule has 1 fully saturated rings. The minimum Gasteiger partial charge on any atom is -0.454 e. The van der Waals surface area contributed by atoms with E-state index in [-0.39, 0.29) is 5.91 Å². The van der Waals surface area contributed by atoms with Gasteiger partial charge in [0.05, 0.1) is 6.33 Å². The number of hydrogen-bond donors (Lipinski definition) is 0. The van der Waals surface area contributed by atoms with Crippen LogP contribution in [0, 0.1) is 0 Å². The molecule has 7 heteroatoms. The molecule has 1 amide bonds. The molecule has 0 bridgehead atoms. The Morgan fingerprint density at radius 2 is 1.67 bits per heavy atom. The van der Waals surface area contributed by atoms with Crippen LogP contribution >= 0.6 is 0 Å². The standard InChI is InChI=1S/C23H24N4O3/c28-23(20-4-1-18(2-5-20)14-26-8-7-24-16-26)27-11-9-25(10-12-27)15-19-3-6-21-22(13-19)30-17-29-21/h1-8,13,16H,9-12,14-15,17H2. The number of hydrogen-bond acceptors (Lipinski definition) is 5. The smallest absolute Gasteiger partial charge is 0.253 e. The Balaban J connectivity index is 1.15. The van der Waals surface area contributed by atoms with E-state index in [9.17, 15) is 4.79 Å². The first-order valence-electron chi connectivity index (χ1n) is 10.2. The first-order valence-corrected chi connectivity index (χ1v) is 10.2. The van der Waals surface area contributed by atoms with Gasteiger partial charge < -0.3 is 18.9 Å². The Morgan fingerprint density at radius 3 is 2.43 bits per heavy atom. The molecule has 2 aliphatic rings. The fourth-order valence-electron chi connectivity index (χ4n) is 3.93. The van der Waals surface area contributed by atoms with Crippen molar-refractivity contribution in [3.8, 4) is 11.5 Å². The number of ether oxygens (including phenoxy) is 2. The van der Waals surface area contributed by atoms with Crippen molar-refractivity contribution in [2.24, 2.45) is 0 Å². The highest BCUT2D eigenvalue weighted by molar-refractivity contribution is 5.94. The highest BCUT2D eigenvalue weighted by Crippen LogP contribution is 2.32. The van der Waals surface area contributed by atoms with Gasteiger partial charge in [-0.3, -0.25) is 9.69 Å². The number of nitrogens with zero attached hydrogens (tertiary/aromatic N) is 4. The Labute approximate surface area is 175 Å². The van der Waals surface area contributed by atoms with Crippen LogP contribution in [0.4, 0.5) is 0 Å². The van der Waals surface area contributed by atoms with Crippen LogP contribution < -0.4 is 9.47 Å². The van der Waals surface area contributed by atoms with Gasteiger partial charge in [-0.25, -0.2) is 4.98 Å². The molecule has 2 aromatic carbocycles. The van der Waals surface area contributed by atoms with Crippen LogP contribution in [0.3, 0.4) is 0 Å². The predicted molar refractivity (Wildman–Crippen MR) is 112 cm³/mol. The molecular weight excluding hydrogens is 380 g/mol. The van der Waals surface area contributed by atoms with Crippen molar-refractivity contribution in [2.45, 2.75) is 13.1 Å². The van der Waals surface area contributed by atoms with Crippen molar-refractivity contribution in [3.05, 3.63) is 77.9 Å².